The van der Waals surface area contributed by atoms with Crippen LogP contribution in [-0.2, 0) is 9.47 Å². The Morgan fingerprint density at radius 2 is 1.81 bits per heavy atom. The van der Waals surface area contributed by atoms with Crippen molar-refractivity contribution < 1.29 is 9.47 Å². The molecule has 1 aliphatic rings. The molecule has 0 atom stereocenters. The van der Waals surface area contributed by atoms with Crippen LogP contribution >= 0.6 is 0 Å². The molecule has 0 bridgehead atoms. The van der Waals surface area contributed by atoms with Crippen LogP contribution in [0.1, 0.15) is 40.0 Å². The van der Waals surface area contributed by atoms with Crippen LogP contribution in [0.3, 0.4) is 0 Å². The zero-order valence-electron chi connectivity index (χ0n) is 11.1. The first-order valence-corrected chi connectivity index (χ1v) is 6.53. The van der Waals surface area contributed by atoms with Gasteiger partial charge in [0.05, 0.1) is 19.8 Å². The van der Waals surface area contributed by atoms with Crippen molar-refractivity contribution in [3.8, 4) is 0 Å². The van der Waals surface area contributed by atoms with Crippen molar-refractivity contribution in [2.24, 2.45) is 5.41 Å². The maximum Gasteiger partial charge on any atom is 0.0700 e. The molecule has 1 saturated carbocycles. The highest BCUT2D eigenvalue weighted by Crippen LogP contribution is 2.21. The fraction of sp³-hybridized carbons (Fsp3) is 1.00. The van der Waals surface area contributed by atoms with Gasteiger partial charge >= 0.3 is 0 Å². The van der Waals surface area contributed by atoms with Gasteiger partial charge in [0.1, 0.15) is 0 Å². The molecular formula is C13H27NO2. The molecule has 0 amide bonds. The van der Waals surface area contributed by atoms with Gasteiger partial charge in [0.25, 0.3) is 0 Å². The first-order valence-electron chi connectivity index (χ1n) is 6.53. The van der Waals surface area contributed by atoms with Crippen LogP contribution in [0.15, 0.2) is 0 Å². The topological polar surface area (TPSA) is 30.5 Å². The third-order valence-electron chi connectivity index (χ3n) is 2.66. The zero-order valence-corrected chi connectivity index (χ0v) is 11.1. The molecule has 3 heteroatoms. The Balaban J connectivity index is 1.92. The van der Waals surface area contributed by atoms with E-state index in [1.165, 1.54) is 12.8 Å². The van der Waals surface area contributed by atoms with E-state index in [0.717, 1.165) is 38.8 Å². The van der Waals surface area contributed by atoms with E-state index in [0.29, 0.717) is 6.61 Å². The molecule has 1 rings (SSSR count). The fourth-order valence-corrected chi connectivity index (χ4v) is 1.47. The lowest BCUT2D eigenvalue weighted by atomic mass is 9.95. The minimum absolute atomic E-state index is 0.230. The van der Waals surface area contributed by atoms with Crippen molar-refractivity contribution in [2.45, 2.75) is 46.1 Å². The van der Waals surface area contributed by atoms with Crippen molar-refractivity contribution >= 4 is 0 Å². The van der Waals surface area contributed by atoms with Gasteiger partial charge in [-0.1, -0.05) is 20.8 Å². The van der Waals surface area contributed by atoms with Gasteiger partial charge in [-0.2, -0.15) is 0 Å². The van der Waals surface area contributed by atoms with E-state index >= 15 is 0 Å². The Labute approximate surface area is 99.9 Å². The molecule has 1 fully saturated rings. The number of hydrogen-bond acceptors (Lipinski definition) is 3. The molecule has 0 heterocycles. The van der Waals surface area contributed by atoms with Crippen LogP contribution in [-0.4, -0.2) is 39.0 Å². The largest absolute Gasteiger partial charge is 0.379 e. The first kappa shape index (κ1) is 13.9. The minimum Gasteiger partial charge on any atom is -0.379 e. The number of nitrogens with one attached hydrogen (secondary N) is 1. The Morgan fingerprint density at radius 3 is 2.44 bits per heavy atom. The highest BCUT2D eigenvalue weighted by atomic mass is 16.5. The molecule has 0 aromatic rings. The Kier molecular flexibility index (Phi) is 6.32. The van der Waals surface area contributed by atoms with Gasteiger partial charge in [-0.15, -0.1) is 0 Å². The molecule has 0 spiro atoms. The summed E-state index contributed by atoms with van der Waals surface area (Å²) in [4.78, 5) is 0. The fourth-order valence-electron chi connectivity index (χ4n) is 1.47. The van der Waals surface area contributed by atoms with E-state index in [2.05, 4.69) is 26.1 Å². The van der Waals surface area contributed by atoms with E-state index in [9.17, 15) is 0 Å². The van der Waals surface area contributed by atoms with Gasteiger partial charge < -0.3 is 14.8 Å². The van der Waals surface area contributed by atoms with E-state index < -0.39 is 0 Å². The second-order valence-corrected chi connectivity index (χ2v) is 5.48. The minimum atomic E-state index is 0.230. The van der Waals surface area contributed by atoms with Crippen molar-refractivity contribution in [3.05, 3.63) is 0 Å². The maximum absolute atomic E-state index is 5.63. The van der Waals surface area contributed by atoms with Gasteiger partial charge in [0.2, 0.25) is 0 Å². The summed E-state index contributed by atoms with van der Waals surface area (Å²) in [6, 6.07) is 0.784. The summed E-state index contributed by atoms with van der Waals surface area (Å²) in [5.41, 5.74) is 0.230. The summed E-state index contributed by atoms with van der Waals surface area (Å²) in [7, 11) is 0. The summed E-state index contributed by atoms with van der Waals surface area (Å²) in [5, 5.41) is 3.55. The Morgan fingerprint density at radius 1 is 1.12 bits per heavy atom. The lowest BCUT2D eigenvalue weighted by molar-refractivity contribution is 0.0150. The van der Waals surface area contributed by atoms with Gasteiger partial charge in [-0.05, 0) is 19.3 Å². The molecule has 0 unspecified atom stereocenters. The third kappa shape index (κ3) is 7.20. The number of hydrogen-bond donors (Lipinski definition) is 1. The van der Waals surface area contributed by atoms with Gasteiger partial charge in [-0.25, -0.2) is 0 Å². The standard InChI is InChI=1S/C13H27NO2/c1-4-7-15-8-9-16-11-13(2,3)10-14-12-5-6-12/h12,14H,4-11H2,1-3H3. The van der Waals surface area contributed by atoms with E-state index in [-0.39, 0.29) is 5.41 Å². The van der Waals surface area contributed by atoms with E-state index in [4.69, 9.17) is 9.47 Å². The number of rotatable bonds is 10. The highest BCUT2D eigenvalue weighted by Gasteiger charge is 2.25. The third-order valence-corrected chi connectivity index (χ3v) is 2.66. The molecule has 0 saturated heterocycles. The van der Waals surface area contributed by atoms with Crippen molar-refractivity contribution in [3.63, 3.8) is 0 Å². The predicted octanol–water partition coefficient (Wildman–Crippen LogP) is 2.21. The van der Waals surface area contributed by atoms with Crippen LogP contribution in [0.25, 0.3) is 0 Å². The average molecular weight is 229 g/mol. The first-order chi connectivity index (χ1) is 7.64. The quantitative estimate of drug-likeness (QED) is 0.583. The summed E-state index contributed by atoms with van der Waals surface area (Å²) in [6.45, 7) is 10.7. The van der Waals surface area contributed by atoms with E-state index in [1.54, 1.807) is 0 Å². The smallest absolute Gasteiger partial charge is 0.0700 e. The van der Waals surface area contributed by atoms with Gasteiger partial charge in [0.15, 0.2) is 0 Å². The Hall–Kier alpha value is -0.120. The SMILES string of the molecule is CCCOCCOCC(C)(C)CNC1CC1. The van der Waals surface area contributed by atoms with Crippen LogP contribution < -0.4 is 5.32 Å². The van der Waals surface area contributed by atoms with Crippen LogP contribution in [0.5, 0.6) is 0 Å². The molecule has 16 heavy (non-hydrogen) atoms. The number of ether oxygens (including phenoxy) is 2. The second-order valence-electron chi connectivity index (χ2n) is 5.48. The molecule has 0 aliphatic heterocycles. The van der Waals surface area contributed by atoms with E-state index in [1.807, 2.05) is 0 Å². The molecule has 1 N–H and O–H groups in total. The normalized spacial score (nSPS) is 16.7. The Bertz CT molecular complexity index is 179. The predicted molar refractivity (Wildman–Crippen MR) is 66.7 cm³/mol. The molecular weight excluding hydrogens is 202 g/mol. The molecule has 0 aromatic carbocycles. The average Bonchev–Trinajstić information content (AvgIpc) is 3.04. The van der Waals surface area contributed by atoms with Crippen LogP contribution in [0.4, 0.5) is 0 Å². The molecule has 0 radical (unpaired) electrons. The van der Waals surface area contributed by atoms with Crippen LogP contribution in [0, 0.1) is 5.41 Å². The molecule has 1 aliphatic carbocycles. The summed E-state index contributed by atoms with van der Waals surface area (Å²) in [5.74, 6) is 0. The zero-order chi connectivity index (χ0) is 11.9. The second kappa shape index (κ2) is 7.25. The maximum atomic E-state index is 5.63. The highest BCUT2D eigenvalue weighted by molar-refractivity contribution is 4.83. The van der Waals surface area contributed by atoms with Crippen LogP contribution in [0.2, 0.25) is 0 Å². The molecule has 0 aromatic heterocycles. The molecule has 3 nitrogen and oxygen atoms in total. The van der Waals surface area contributed by atoms with Crippen molar-refractivity contribution in [2.75, 3.05) is 33.0 Å². The summed E-state index contributed by atoms with van der Waals surface area (Å²) >= 11 is 0. The molecule has 96 valence electrons. The van der Waals surface area contributed by atoms with Crippen molar-refractivity contribution in [1.82, 2.24) is 5.32 Å². The van der Waals surface area contributed by atoms with Gasteiger partial charge in [-0.3, -0.25) is 0 Å². The lowest BCUT2D eigenvalue weighted by Crippen LogP contribution is -2.34. The van der Waals surface area contributed by atoms with Crippen molar-refractivity contribution in [1.29, 1.82) is 0 Å². The lowest BCUT2D eigenvalue weighted by Gasteiger charge is -2.24. The van der Waals surface area contributed by atoms with Gasteiger partial charge in [0, 0.05) is 24.6 Å². The summed E-state index contributed by atoms with van der Waals surface area (Å²) < 4.78 is 11.0. The summed E-state index contributed by atoms with van der Waals surface area (Å²) in [6.07, 6.45) is 3.78. The monoisotopic (exact) mass is 229 g/mol.